The van der Waals surface area contributed by atoms with E-state index in [0.29, 0.717) is 18.8 Å². The van der Waals surface area contributed by atoms with Gasteiger partial charge in [-0.25, -0.2) is 4.79 Å². The quantitative estimate of drug-likeness (QED) is 0.286. The van der Waals surface area contributed by atoms with Crippen LogP contribution in [0.25, 0.3) is 0 Å². The maximum atomic E-state index is 9.72. The Morgan fingerprint density at radius 3 is 1.47 bits per heavy atom. The summed E-state index contributed by atoms with van der Waals surface area (Å²) in [7, 11) is 2.81. The van der Waals surface area contributed by atoms with Crippen LogP contribution in [0.15, 0.2) is 12.5 Å². The van der Waals surface area contributed by atoms with Crippen LogP contribution in [-0.4, -0.2) is 43.0 Å². The molecular weight excluding hydrogens is 208 g/mol. The lowest BCUT2D eigenvalue weighted by molar-refractivity contribution is -0.143. The summed E-state index contributed by atoms with van der Waals surface area (Å²) in [5.74, 6) is 0. The summed E-state index contributed by atoms with van der Waals surface area (Å²) in [5, 5.41) is 14.9. The molecule has 15 heavy (non-hydrogen) atoms. The Bertz CT molecular complexity index is 161. The van der Waals surface area contributed by atoms with Gasteiger partial charge in [-0.15, -0.1) is 0 Å². The minimum Gasteiger partial charge on any atom is -0.512 e. The van der Waals surface area contributed by atoms with E-state index in [4.69, 9.17) is 15.0 Å². The fourth-order valence-electron chi connectivity index (χ4n) is 0.207. The molecule has 0 aromatic heterocycles. The first-order valence-electron chi connectivity index (χ1n) is 3.49. The normalized spacial score (nSPS) is 8.47. The second kappa shape index (κ2) is 18.1. The van der Waals surface area contributed by atoms with Crippen LogP contribution in [-0.2, 0) is 14.3 Å². The minimum atomic E-state index is -0.833. The molecule has 0 radical (unpaired) electrons. The predicted molar refractivity (Wildman–Crippen MR) is 52.0 cm³/mol. The second-order valence-electron chi connectivity index (χ2n) is 1.68. The van der Waals surface area contributed by atoms with E-state index in [1.165, 1.54) is 14.2 Å². The van der Waals surface area contributed by atoms with Gasteiger partial charge in [-0.1, -0.05) is 0 Å². The van der Waals surface area contributed by atoms with E-state index in [1.54, 1.807) is 0 Å². The summed E-state index contributed by atoms with van der Waals surface area (Å²) in [5.41, 5.74) is 8.50. The molecule has 0 bridgehead atoms. The van der Waals surface area contributed by atoms with Crippen molar-refractivity contribution in [3.63, 3.8) is 0 Å². The first kappa shape index (κ1) is 18.9. The number of carbonyl (C=O) groups is 2. The van der Waals surface area contributed by atoms with Gasteiger partial charge in [0.1, 0.15) is 12.5 Å². The average molecular weight is 224 g/mol. The molecule has 0 heterocycles. The molecule has 0 saturated heterocycles. The van der Waals surface area contributed by atoms with Crippen LogP contribution in [0, 0.1) is 0 Å². The van der Waals surface area contributed by atoms with Gasteiger partial charge in [-0.05, 0) is 0 Å². The molecule has 0 fully saturated rings. The third kappa shape index (κ3) is 46.9. The number of urea groups is 1. The SMILES string of the molecule is COC(C=O)OC.NC(N)=O.OC=CO. The average Bonchev–Trinajstić information content (AvgIpc) is 2.20. The zero-order valence-corrected chi connectivity index (χ0v) is 8.49. The van der Waals surface area contributed by atoms with Gasteiger partial charge in [0.25, 0.3) is 0 Å². The van der Waals surface area contributed by atoms with E-state index >= 15 is 0 Å². The lowest BCUT2D eigenvalue weighted by atomic mass is 10.7. The summed E-state index contributed by atoms with van der Waals surface area (Å²) < 4.78 is 8.92. The standard InChI is InChI=1S/C4H8O3.C2H4O2.CH4N2O/c1-6-4(3-5)7-2;3-1-2-4;2-1(3)4/h3-4H,1-2H3;1-4H;(H4,2,3,4). The zero-order valence-electron chi connectivity index (χ0n) is 8.49. The van der Waals surface area contributed by atoms with Crippen molar-refractivity contribution in [1.29, 1.82) is 0 Å². The molecular formula is C7H16N2O6. The van der Waals surface area contributed by atoms with Gasteiger partial charge in [0, 0.05) is 14.2 Å². The summed E-state index contributed by atoms with van der Waals surface area (Å²) in [6, 6.07) is -0.833. The van der Waals surface area contributed by atoms with Crippen LogP contribution in [0.5, 0.6) is 0 Å². The van der Waals surface area contributed by atoms with Crippen LogP contribution >= 0.6 is 0 Å². The van der Waals surface area contributed by atoms with Gasteiger partial charge in [-0.2, -0.15) is 0 Å². The number of aldehydes is 1. The molecule has 8 nitrogen and oxygen atoms in total. The van der Waals surface area contributed by atoms with E-state index in [9.17, 15) is 4.79 Å². The van der Waals surface area contributed by atoms with E-state index in [1.807, 2.05) is 0 Å². The van der Waals surface area contributed by atoms with Gasteiger partial charge in [0.2, 0.25) is 6.29 Å². The van der Waals surface area contributed by atoms with Gasteiger partial charge in [-0.3, -0.25) is 4.79 Å². The second-order valence-corrected chi connectivity index (χ2v) is 1.68. The van der Waals surface area contributed by atoms with Crippen LogP contribution in [0.3, 0.4) is 0 Å². The third-order valence-corrected chi connectivity index (χ3v) is 0.642. The number of rotatable bonds is 3. The highest BCUT2D eigenvalue weighted by Gasteiger charge is 1.97. The topological polar surface area (TPSA) is 145 Å². The fraction of sp³-hybridized carbons (Fsp3) is 0.429. The summed E-state index contributed by atoms with van der Waals surface area (Å²) in [4.78, 5) is 18.7. The van der Waals surface area contributed by atoms with Crippen molar-refractivity contribution < 1.29 is 29.3 Å². The zero-order chi connectivity index (χ0) is 12.7. The Hall–Kier alpha value is -1.80. The highest BCUT2D eigenvalue weighted by molar-refractivity contribution is 5.69. The van der Waals surface area contributed by atoms with E-state index in [-0.39, 0.29) is 0 Å². The highest BCUT2D eigenvalue weighted by Crippen LogP contribution is 1.80. The van der Waals surface area contributed by atoms with Crippen molar-refractivity contribution in [2.75, 3.05) is 14.2 Å². The molecule has 90 valence electrons. The van der Waals surface area contributed by atoms with Gasteiger partial charge < -0.3 is 31.2 Å². The van der Waals surface area contributed by atoms with E-state index in [0.717, 1.165) is 0 Å². The largest absolute Gasteiger partial charge is 0.512 e. The Morgan fingerprint density at radius 1 is 1.20 bits per heavy atom. The monoisotopic (exact) mass is 224 g/mol. The number of methoxy groups -OCH3 is 2. The Balaban J connectivity index is -0.000000155. The molecule has 0 aromatic carbocycles. The summed E-state index contributed by atoms with van der Waals surface area (Å²) in [6.45, 7) is 0. The third-order valence-electron chi connectivity index (χ3n) is 0.642. The van der Waals surface area contributed by atoms with Crippen molar-refractivity contribution in [2.24, 2.45) is 11.5 Å². The Morgan fingerprint density at radius 2 is 1.47 bits per heavy atom. The number of aliphatic hydroxyl groups excluding tert-OH is 2. The van der Waals surface area contributed by atoms with Gasteiger partial charge in [0.15, 0.2) is 6.29 Å². The highest BCUT2D eigenvalue weighted by atomic mass is 16.7. The van der Waals surface area contributed by atoms with E-state index < -0.39 is 12.3 Å². The molecule has 0 atom stereocenters. The number of aliphatic hydroxyl groups is 2. The molecule has 0 aliphatic heterocycles. The number of hydrogen-bond acceptors (Lipinski definition) is 6. The van der Waals surface area contributed by atoms with Crippen molar-refractivity contribution >= 4 is 12.3 Å². The maximum absolute atomic E-state index is 9.72. The lowest BCUT2D eigenvalue weighted by Crippen LogP contribution is -2.18. The van der Waals surface area contributed by atoms with Gasteiger partial charge in [0.05, 0.1) is 0 Å². The Kier molecular flexibility index (Phi) is 22.8. The first-order valence-corrected chi connectivity index (χ1v) is 3.49. The smallest absolute Gasteiger partial charge is 0.309 e. The van der Waals surface area contributed by atoms with Gasteiger partial charge >= 0.3 is 6.03 Å². The lowest BCUT2D eigenvalue weighted by Gasteiger charge is -2.01. The number of amides is 2. The molecule has 0 unspecified atom stereocenters. The molecule has 0 rings (SSSR count). The number of nitrogens with two attached hydrogens (primary N) is 2. The first-order chi connectivity index (χ1) is 6.99. The van der Waals surface area contributed by atoms with Crippen molar-refractivity contribution in [3.05, 3.63) is 12.5 Å². The number of carbonyl (C=O) groups excluding carboxylic acids is 2. The number of hydrogen-bond donors (Lipinski definition) is 4. The molecule has 8 heteroatoms. The minimum absolute atomic E-state index is 0.556. The van der Waals surface area contributed by atoms with E-state index in [2.05, 4.69) is 20.9 Å². The molecule has 0 aliphatic carbocycles. The van der Waals surface area contributed by atoms with Crippen LogP contribution in [0.4, 0.5) is 4.79 Å². The molecule has 0 aromatic rings. The van der Waals surface area contributed by atoms with Crippen LogP contribution in [0.1, 0.15) is 0 Å². The molecule has 2 amide bonds. The predicted octanol–water partition coefficient (Wildman–Crippen LogP) is -0.598. The molecule has 0 saturated carbocycles. The van der Waals surface area contributed by atoms with Crippen molar-refractivity contribution in [3.8, 4) is 0 Å². The fourth-order valence-corrected chi connectivity index (χ4v) is 0.207. The van der Waals surface area contributed by atoms with Crippen LogP contribution in [0.2, 0.25) is 0 Å². The molecule has 0 aliphatic rings. The van der Waals surface area contributed by atoms with Crippen molar-refractivity contribution in [2.45, 2.75) is 6.29 Å². The van der Waals surface area contributed by atoms with Crippen molar-refractivity contribution in [1.82, 2.24) is 0 Å². The molecule has 6 N–H and O–H groups in total. The number of primary amides is 2. The summed E-state index contributed by atoms with van der Waals surface area (Å²) in [6.07, 6.45) is 1.000. The van der Waals surface area contributed by atoms with Crippen LogP contribution < -0.4 is 11.5 Å². The molecule has 0 spiro atoms. The maximum Gasteiger partial charge on any atom is 0.309 e. The Labute approximate surface area is 87.1 Å². The summed E-state index contributed by atoms with van der Waals surface area (Å²) >= 11 is 0. The number of ether oxygens (including phenoxy) is 2.